The van der Waals surface area contributed by atoms with Crippen molar-refractivity contribution in [3.63, 3.8) is 0 Å². The van der Waals surface area contributed by atoms with Crippen LogP contribution in [-0.2, 0) is 4.79 Å². The minimum absolute atomic E-state index is 0.345. The van der Waals surface area contributed by atoms with Crippen LogP contribution in [0.3, 0.4) is 0 Å². The molecule has 0 saturated heterocycles. The van der Waals surface area contributed by atoms with Crippen molar-refractivity contribution < 1.29 is 9.90 Å². The van der Waals surface area contributed by atoms with Crippen LogP contribution in [0.4, 0.5) is 0 Å². The highest BCUT2D eigenvalue weighted by atomic mass is 16.4. The van der Waals surface area contributed by atoms with Crippen LogP contribution in [0.1, 0.15) is 129 Å². The largest absolute Gasteiger partial charge is 0.481 e. The van der Waals surface area contributed by atoms with Crippen molar-refractivity contribution in [2.75, 3.05) is 0 Å². The third-order valence-electron chi connectivity index (χ3n) is 5.18. The molecule has 144 valence electrons. The summed E-state index contributed by atoms with van der Waals surface area (Å²) >= 11 is 0. The fraction of sp³-hybridized carbons (Fsp3) is 0.955. The number of carboxylic acids is 1. The van der Waals surface area contributed by atoms with Crippen LogP contribution >= 0.6 is 0 Å². The van der Waals surface area contributed by atoms with E-state index in [4.69, 9.17) is 5.11 Å². The first kappa shape index (κ1) is 23.5. The van der Waals surface area contributed by atoms with Crippen LogP contribution in [0.5, 0.6) is 0 Å². The van der Waals surface area contributed by atoms with Gasteiger partial charge in [0.25, 0.3) is 0 Å². The van der Waals surface area contributed by atoms with Gasteiger partial charge in [-0.25, -0.2) is 0 Å². The quantitative estimate of drug-likeness (QED) is 0.244. The molecular formula is C22H44O2. The van der Waals surface area contributed by atoms with Gasteiger partial charge in [-0.3, -0.25) is 4.79 Å². The van der Waals surface area contributed by atoms with E-state index in [9.17, 15) is 4.79 Å². The van der Waals surface area contributed by atoms with E-state index in [1.54, 1.807) is 0 Å². The minimum atomic E-state index is -0.649. The number of carbonyl (C=O) groups is 1. The molecule has 0 saturated carbocycles. The molecule has 0 rings (SSSR count). The van der Waals surface area contributed by atoms with E-state index in [1.807, 2.05) is 0 Å². The van der Waals surface area contributed by atoms with E-state index in [0.29, 0.717) is 6.42 Å². The lowest BCUT2D eigenvalue weighted by molar-refractivity contribution is -0.137. The second-order valence-corrected chi connectivity index (χ2v) is 7.62. The van der Waals surface area contributed by atoms with Gasteiger partial charge in [-0.2, -0.15) is 0 Å². The molecule has 0 atom stereocenters. The number of rotatable bonds is 19. The number of aliphatic carboxylic acids is 1. The zero-order chi connectivity index (χ0) is 17.9. The van der Waals surface area contributed by atoms with Crippen LogP contribution in [0.25, 0.3) is 0 Å². The van der Waals surface area contributed by atoms with Gasteiger partial charge < -0.3 is 5.11 Å². The summed E-state index contributed by atoms with van der Waals surface area (Å²) in [5.41, 5.74) is 0. The average molecular weight is 341 g/mol. The first-order valence-corrected chi connectivity index (χ1v) is 10.9. The number of carboxylic acid groups (broad SMARTS) is 1. The maximum atomic E-state index is 10.5. The van der Waals surface area contributed by atoms with Crippen LogP contribution in [0.15, 0.2) is 0 Å². The highest BCUT2D eigenvalue weighted by molar-refractivity contribution is 5.66. The standard InChI is InChI=1S/C22H44O2/c1-3-5-7-13-17-21(18-14-8-6-4-2)19-15-11-9-10-12-16-20-22(23)24/h21H,3-20H2,1-2H3,(H,23,24). The van der Waals surface area contributed by atoms with E-state index in [2.05, 4.69) is 13.8 Å². The zero-order valence-corrected chi connectivity index (χ0v) is 16.7. The molecular weight excluding hydrogens is 296 g/mol. The molecule has 0 amide bonds. The molecule has 0 radical (unpaired) electrons. The summed E-state index contributed by atoms with van der Waals surface area (Å²) in [5, 5.41) is 8.62. The number of hydrogen-bond acceptors (Lipinski definition) is 1. The summed E-state index contributed by atoms with van der Waals surface area (Å²) in [6.45, 7) is 4.58. The Morgan fingerprint density at radius 2 is 1.00 bits per heavy atom. The average Bonchev–Trinajstić information content (AvgIpc) is 2.56. The Hall–Kier alpha value is -0.530. The SMILES string of the molecule is CCCCCCC(CCCCCC)CCCCCCCCC(=O)O. The van der Waals surface area contributed by atoms with Gasteiger partial charge in [0.2, 0.25) is 0 Å². The second-order valence-electron chi connectivity index (χ2n) is 7.62. The third kappa shape index (κ3) is 17.8. The monoisotopic (exact) mass is 340 g/mol. The van der Waals surface area contributed by atoms with Crippen LogP contribution in [0.2, 0.25) is 0 Å². The summed E-state index contributed by atoms with van der Waals surface area (Å²) in [6.07, 6.45) is 23.0. The van der Waals surface area contributed by atoms with Gasteiger partial charge in [-0.1, -0.05) is 117 Å². The predicted molar refractivity (Wildman–Crippen MR) is 106 cm³/mol. The molecule has 2 heteroatoms. The van der Waals surface area contributed by atoms with Gasteiger partial charge in [-0.05, 0) is 12.3 Å². The smallest absolute Gasteiger partial charge is 0.303 e. The van der Waals surface area contributed by atoms with Gasteiger partial charge in [0.1, 0.15) is 0 Å². The highest BCUT2D eigenvalue weighted by Crippen LogP contribution is 2.24. The highest BCUT2D eigenvalue weighted by Gasteiger charge is 2.08. The van der Waals surface area contributed by atoms with Crippen molar-refractivity contribution in [3.05, 3.63) is 0 Å². The van der Waals surface area contributed by atoms with Crippen molar-refractivity contribution in [3.8, 4) is 0 Å². The molecule has 0 heterocycles. The molecule has 0 aliphatic rings. The summed E-state index contributed by atoms with van der Waals surface area (Å²) in [4.78, 5) is 10.5. The van der Waals surface area contributed by atoms with Gasteiger partial charge in [0, 0.05) is 6.42 Å². The molecule has 0 aliphatic heterocycles. The molecule has 24 heavy (non-hydrogen) atoms. The van der Waals surface area contributed by atoms with Gasteiger partial charge >= 0.3 is 5.97 Å². The maximum Gasteiger partial charge on any atom is 0.303 e. The van der Waals surface area contributed by atoms with E-state index in [0.717, 1.165) is 18.8 Å². The molecule has 2 nitrogen and oxygen atoms in total. The minimum Gasteiger partial charge on any atom is -0.481 e. The van der Waals surface area contributed by atoms with E-state index >= 15 is 0 Å². The predicted octanol–water partition coefficient (Wildman–Crippen LogP) is 7.75. The molecule has 0 aliphatic carbocycles. The molecule has 0 aromatic rings. The lowest BCUT2D eigenvalue weighted by Gasteiger charge is -2.17. The molecule has 0 spiro atoms. The van der Waals surface area contributed by atoms with Gasteiger partial charge in [-0.15, -0.1) is 0 Å². The van der Waals surface area contributed by atoms with E-state index in [-0.39, 0.29) is 0 Å². The molecule has 0 bridgehead atoms. The zero-order valence-electron chi connectivity index (χ0n) is 16.7. The Balaban J connectivity index is 3.67. The van der Waals surface area contributed by atoms with E-state index < -0.39 is 5.97 Å². The molecule has 1 N–H and O–H groups in total. The Labute approximate surface area is 151 Å². The van der Waals surface area contributed by atoms with Crippen molar-refractivity contribution in [1.29, 1.82) is 0 Å². The Kier molecular flexibility index (Phi) is 18.4. The van der Waals surface area contributed by atoms with Crippen molar-refractivity contribution in [1.82, 2.24) is 0 Å². The number of hydrogen-bond donors (Lipinski definition) is 1. The molecule has 0 aromatic carbocycles. The summed E-state index contributed by atoms with van der Waals surface area (Å²) in [7, 11) is 0. The summed E-state index contributed by atoms with van der Waals surface area (Å²) in [5.74, 6) is 0.315. The second kappa shape index (κ2) is 18.8. The van der Waals surface area contributed by atoms with Crippen molar-refractivity contribution in [2.45, 2.75) is 129 Å². The van der Waals surface area contributed by atoms with Crippen LogP contribution < -0.4 is 0 Å². The lowest BCUT2D eigenvalue weighted by atomic mass is 9.89. The normalized spacial score (nSPS) is 11.3. The van der Waals surface area contributed by atoms with Crippen molar-refractivity contribution in [2.24, 2.45) is 5.92 Å². The fourth-order valence-corrected chi connectivity index (χ4v) is 3.57. The first-order valence-electron chi connectivity index (χ1n) is 10.9. The Bertz CT molecular complexity index is 251. The summed E-state index contributed by atoms with van der Waals surface area (Å²) < 4.78 is 0. The van der Waals surface area contributed by atoms with Gasteiger partial charge in [0.15, 0.2) is 0 Å². The third-order valence-corrected chi connectivity index (χ3v) is 5.18. The molecule has 0 unspecified atom stereocenters. The van der Waals surface area contributed by atoms with Crippen molar-refractivity contribution >= 4 is 5.97 Å². The Morgan fingerprint density at radius 3 is 1.42 bits per heavy atom. The Morgan fingerprint density at radius 1 is 0.625 bits per heavy atom. The molecule has 0 fully saturated rings. The first-order chi connectivity index (χ1) is 11.7. The van der Waals surface area contributed by atoms with E-state index in [1.165, 1.54) is 96.3 Å². The topological polar surface area (TPSA) is 37.3 Å². The fourth-order valence-electron chi connectivity index (χ4n) is 3.57. The number of unbranched alkanes of at least 4 members (excludes halogenated alkanes) is 11. The lowest BCUT2D eigenvalue weighted by Crippen LogP contribution is -2.01. The maximum absolute atomic E-state index is 10.5. The summed E-state index contributed by atoms with van der Waals surface area (Å²) in [6, 6.07) is 0. The van der Waals surface area contributed by atoms with Gasteiger partial charge in [0.05, 0.1) is 0 Å². The molecule has 0 aromatic heterocycles. The van der Waals surface area contributed by atoms with Crippen LogP contribution in [-0.4, -0.2) is 11.1 Å². The van der Waals surface area contributed by atoms with Crippen LogP contribution in [0, 0.1) is 5.92 Å².